The molecule has 3 aromatic heterocycles. The lowest BCUT2D eigenvalue weighted by Crippen LogP contribution is -2.25. The highest BCUT2D eigenvalue weighted by atomic mass is 16.5. The normalized spacial score (nSPS) is 17.4. The lowest BCUT2D eigenvalue weighted by atomic mass is 9.93. The second-order valence-electron chi connectivity index (χ2n) is 5.46. The first kappa shape index (κ1) is 13.2. The molecule has 0 spiro atoms. The number of hydrogen-bond donors (Lipinski definition) is 1. The minimum absolute atomic E-state index is 0.304. The number of aromatic nitrogens is 4. The molecule has 6 heteroatoms. The highest BCUT2D eigenvalue weighted by molar-refractivity contribution is 5.32. The maximum atomic E-state index is 4.87. The Bertz CT molecular complexity index is 735. The van der Waals surface area contributed by atoms with Gasteiger partial charge in [0, 0.05) is 30.4 Å². The fourth-order valence-electron chi connectivity index (χ4n) is 3.00. The Morgan fingerprint density at radius 3 is 3.14 bits per heavy atom. The van der Waals surface area contributed by atoms with Gasteiger partial charge in [0.1, 0.15) is 6.26 Å². The number of nitrogens with one attached hydrogen (secondary N) is 1. The summed E-state index contributed by atoms with van der Waals surface area (Å²) in [5.74, 6) is 0.876. The van der Waals surface area contributed by atoms with Crippen LogP contribution in [0.2, 0.25) is 0 Å². The summed E-state index contributed by atoms with van der Waals surface area (Å²) in [5, 5.41) is 12.0. The van der Waals surface area contributed by atoms with E-state index in [4.69, 9.17) is 4.52 Å². The summed E-state index contributed by atoms with van der Waals surface area (Å²) in [5.41, 5.74) is 3.44. The highest BCUT2D eigenvalue weighted by Crippen LogP contribution is 2.30. The monoisotopic (exact) mass is 295 g/mol. The maximum absolute atomic E-state index is 4.87. The van der Waals surface area contributed by atoms with Gasteiger partial charge in [0.05, 0.1) is 17.6 Å². The van der Waals surface area contributed by atoms with Crippen molar-refractivity contribution in [3.63, 3.8) is 0 Å². The van der Waals surface area contributed by atoms with Crippen LogP contribution < -0.4 is 5.32 Å². The molecule has 1 aliphatic rings. The molecular formula is C16H17N5O. The molecule has 0 amide bonds. The van der Waals surface area contributed by atoms with Crippen molar-refractivity contribution in [2.75, 3.05) is 0 Å². The predicted molar refractivity (Wildman–Crippen MR) is 80.4 cm³/mol. The van der Waals surface area contributed by atoms with Gasteiger partial charge in [-0.2, -0.15) is 5.10 Å². The third-order valence-electron chi connectivity index (χ3n) is 4.07. The van der Waals surface area contributed by atoms with Crippen molar-refractivity contribution in [3.05, 3.63) is 59.9 Å². The molecule has 0 aliphatic heterocycles. The predicted octanol–water partition coefficient (Wildman–Crippen LogP) is 2.42. The van der Waals surface area contributed by atoms with Gasteiger partial charge in [-0.05, 0) is 31.4 Å². The van der Waals surface area contributed by atoms with Gasteiger partial charge < -0.3 is 9.84 Å². The third kappa shape index (κ3) is 2.42. The minimum Gasteiger partial charge on any atom is -0.364 e. The SMILES string of the molecule is c1ccc(-n2ncc3c2CCC[C@@H]3NCc2ccon2)nc1. The second kappa shape index (κ2) is 5.73. The summed E-state index contributed by atoms with van der Waals surface area (Å²) in [6.45, 7) is 0.704. The van der Waals surface area contributed by atoms with Gasteiger partial charge in [-0.3, -0.25) is 0 Å². The largest absolute Gasteiger partial charge is 0.364 e. The van der Waals surface area contributed by atoms with E-state index in [1.165, 1.54) is 11.3 Å². The first-order chi connectivity index (χ1) is 10.9. The number of fused-ring (bicyclic) bond motifs is 1. The van der Waals surface area contributed by atoms with E-state index in [0.717, 1.165) is 30.8 Å². The van der Waals surface area contributed by atoms with Gasteiger partial charge >= 0.3 is 0 Å². The Kier molecular flexibility index (Phi) is 3.44. The van der Waals surface area contributed by atoms with Gasteiger partial charge in [-0.1, -0.05) is 11.2 Å². The number of nitrogens with zero attached hydrogens (tertiary/aromatic N) is 4. The summed E-state index contributed by atoms with van der Waals surface area (Å²) >= 11 is 0. The first-order valence-corrected chi connectivity index (χ1v) is 7.52. The van der Waals surface area contributed by atoms with Crippen molar-refractivity contribution >= 4 is 0 Å². The van der Waals surface area contributed by atoms with Crippen LogP contribution in [0.1, 0.15) is 35.8 Å². The molecule has 0 aromatic carbocycles. The van der Waals surface area contributed by atoms with Crippen LogP contribution in [-0.2, 0) is 13.0 Å². The third-order valence-corrected chi connectivity index (χ3v) is 4.07. The van der Waals surface area contributed by atoms with Crippen LogP contribution >= 0.6 is 0 Å². The maximum Gasteiger partial charge on any atom is 0.153 e. The molecule has 0 bridgehead atoms. The van der Waals surface area contributed by atoms with Gasteiger partial charge in [0.2, 0.25) is 0 Å². The molecule has 0 radical (unpaired) electrons. The summed E-state index contributed by atoms with van der Waals surface area (Å²) in [7, 11) is 0. The first-order valence-electron chi connectivity index (χ1n) is 7.52. The Labute approximate surface area is 128 Å². The molecule has 22 heavy (non-hydrogen) atoms. The number of pyridine rings is 1. The van der Waals surface area contributed by atoms with Crippen molar-refractivity contribution in [1.82, 2.24) is 25.2 Å². The number of hydrogen-bond acceptors (Lipinski definition) is 5. The molecule has 4 rings (SSSR count). The minimum atomic E-state index is 0.304. The standard InChI is InChI=1S/C16H17N5O/c1-2-8-17-16(6-1)21-15-5-3-4-14(13(15)11-19-21)18-10-12-7-9-22-20-12/h1-2,6-9,11,14,18H,3-5,10H2/t14-/m0/s1. The van der Waals surface area contributed by atoms with Crippen molar-refractivity contribution in [3.8, 4) is 5.82 Å². The van der Waals surface area contributed by atoms with E-state index in [1.807, 2.05) is 35.1 Å². The Morgan fingerprint density at radius 1 is 1.32 bits per heavy atom. The van der Waals surface area contributed by atoms with Gasteiger partial charge in [-0.15, -0.1) is 0 Å². The van der Waals surface area contributed by atoms with Crippen LogP contribution in [0.4, 0.5) is 0 Å². The molecule has 1 N–H and O–H groups in total. The molecule has 6 nitrogen and oxygen atoms in total. The molecule has 112 valence electrons. The molecule has 0 saturated heterocycles. The van der Waals surface area contributed by atoms with Crippen molar-refractivity contribution < 1.29 is 4.52 Å². The van der Waals surface area contributed by atoms with E-state index >= 15 is 0 Å². The van der Waals surface area contributed by atoms with Crippen LogP contribution in [-0.4, -0.2) is 19.9 Å². The van der Waals surface area contributed by atoms with Crippen molar-refractivity contribution in [2.45, 2.75) is 31.8 Å². The van der Waals surface area contributed by atoms with Gasteiger partial charge in [-0.25, -0.2) is 9.67 Å². The van der Waals surface area contributed by atoms with Crippen molar-refractivity contribution in [1.29, 1.82) is 0 Å². The lowest BCUT2D eigenvalue weighted by Gasteiger charge is -2.23. The Hall–Kier alpha value is -2.47. The summed E-state index contributed by atoms with van der Waals surface area (Å²) in [6.07, 6.45) is 8.65. The quantitative estimate of drug-likeness (QED) is 0.800. The van der Waals surface area contributed by atoms with Crippen LogP contribution in [0.3, 0.4) is 0 Å². The molecule has 1 atom stereocenters. The highest BCUT2D eigenvalue weighted by Gasteiger charge is 2.24. The molecule has 1 aliphatic carbocycles. The fraction of sp³-hybridized carbons (Fsp3) is 0.312. The average molecular weight is 295 g/mol. The number of rotatable bonds is 4. The van der Waals surface area contributed by atoms with E-state index in [0.29, 0.717) is 12.6 Å². The van der Waals surface area contributed by atoms with Crippen LogP contribution in [0.15, 0.2) is 47.4 Å². The fourth-order valence-corrected chi connectivity index (χ4v) is 3.00. The van der Waals surface area contributed by atoms with E-state index in [-0.39, 0.29) is 0 Å². The van der Waals surface area contributed by atoms with Crippen LogP contribution in [0, 0.1) is 0 Å². The topological polar surface area (TPSA) is 68.8 Å². The summed E-state index contributed by atoms with van der Waals surface area (Å²) < 4.78 is 6.83. The summed E-state index contributed by atoms with van der Waals surface area (Å²) in [4.78, 5) is 4.40. The van der Waals surface area contributed by atoms with Crippen molar-refractivity contribution in [2.24, 2.45) is 0 Å². The molecule has 0 unspecified atom stereocenters. The molecule has 3 aromatic rings. The van der Waals surface area contributed by atoms with E-state index in [1.54, 1.807) is 12.5 Å². The molecule has 0 fully saturated rings. The van der Waals surface area contributed by atoms with Gasteiger partial charge in [0.25, 0.3) is 0 Å². The van der Waals surface area contributed by atoms with Gasteiger partial charge in [0.15, 0.2) is 5.82 Å². The van der Waals surface area contributed by atoms with Crippen LogP contribution in [0.25, 0.3) is 5.82 Å². The van der Waals surface area contributed by atoms with E-state index < -0.39 is 0 Å². The van der Waals surface area contributed by atoms with Crippen LogP contribution in [0.5, 0.6) is 0 Å². The second-order valence-corrected chi connectivity index (χ2v) is 5.46. The van der Waals surface area contributed by atoms with E-state index in [2.05, 4.69) is 20.6 Å². The molecule has 3 heterocycles. The Morgan fingerprint density at radius 2 is 2.32 bits per heavy atom. The molecular weight excluding hydrogens is 278 g/mol. The zero-order chi connectivity index (χ0) is 14.8. The zero-order valence-corrected chi connectivity index (χ0v) is 12.1. The average Bonchev–Trinajstić information content (AvgIpc) is 3.23. The lowest BCUT2D eigenvalue weighted by molar-refractivity contribution is 0.398. The zero-order valence-electron chi connectivity index (χ0n) is 12.1. The smallest absolute Gasteiger partial charge is 0.153 e. The summed E-state index contributed by atoms with van der Waals surface area (Å²) in [6, 6.07) is 8.08. The molecule has 0 saturated carbocycles. The van der Waals surface area contributed by atoms with E-state index in [9.17, 15) is 0 Å². The Balaban J connectivity index is 1.58.